The molecule has 0 unspecified atom stereocenters. The van der Waals surface area contributed by atoms with E-state index >= 15 is 0 Å². The van der Waals surface area contributed by atoms with Crippen molar-refractivity contribution in [3.8, 4) is 0 Å². The number of amides is 2. The first-order valence-electron chi connectivity index (χ1n) is 8.79. The predicted molar refractivity (Wildman–Crippen MR) is 98.6 cm³/mol. The lowest BCUT2D eigenvalue weighted by Crippen LogP contribution is -2.31. The van der Waals surface area contributed by atoms with Crippen molar-refractivity contribution in [2.24, 2.45) is 11.3 Å². The van der Waals surface area contributed by atoms with Gasteiger partial charge < -0.3 is 10.2 Å². The number of hydrogen-bond acceptors (Lipinski definition) is 3. The highest BCUT2D eigenvalue weighted by molar-refractivity contribution is 6.30. The van der Waals surface area contributed by atoms with Gasteiger partial charge in [0.2, 0.25) is 5.91 Å². The molecular weight excluding hydrogens is 350 g/mol. The second-order valence-electron chi connectivity index (χ2n) is 7.18. The molecule has 1 aliphatic carbocycles. The van der Waals surface area contributed by atoms with Crippen molar-refractivity contribution in [1.29, 1.82) is 0 Å². The number of nitrogens with one attached hydrogen (secondary N) is 1. The molecule has 1 saturated carbocycles. The van der Waals surface area contributed by atoms with E-state index in [0.29, 0.717) is 30.2 Å². The second kappa shape index (κ2) is 6.72. The summed E-state index contributed by atoms with van der Waals surface area (Å²) in [6.45, 7) is 1.85. The summed E-state index contributed by atoms with van der Waals surface area (Å²) < 4.78 is 0. The predicted octanol–water partition coefficient (Wildman–Crippen LogP) is 2.90. The van der Waals surface area contributed by atoms with Crippen molar-refractivity contribution in [2.75, 3.05) is 13.1 Å². The van der Waals surface area contributed by atoms with Gasteiger partial charge in [-0.1, -0.05) is 17.7 Å². The molecule has 0 bridgehead atoms. The molecule has 26 heavy (non-hydrogen) atoms. The molecule has 134 valence electrons. The van der Waals surface area contributed by atoms with Crippen LogP contribution in [0, 0.1) is 11.3 Å². The van der Waals surface area contributed by atoms with Crippen molar-refractivity contribution >= 4 is 23.4 Å². The quantitative estimate of drug-likeness (QED) is 0.901. The number of likely N-dealkylation sites (tertiary alicyclic amines) is 1. The van der Waals surface area contributed by atoms with Crippen LogP contribution in [0.3, 0.4) is 0 Å². The van der Waals surface area contributed by atoms with Gasteiger partial charge in [0.05, 0.1) is 0 Å². The van der Waals surface area contributed by atoms with Gasteiger partial charge in [0.15, 0.2) is 0 Å². The first-order chi connectivity index (χ1) is 12.6. The monoisotopic (exact) mass is 369 g/mol. The van der Waals surface area contributed by atoms with Crippen LogP contribution in [0.15, 0.2) is 48.8 Å². The first kappa shape index (κ1) is 17.0. The Kier molecular flexibility index (Phi) is 4.41. The fourth-order valence-electron chi connectivity index (χ4n) is 3.83. The lowest BCUT2D eigenvalue weighted by atomic mass is 10.0. The van der Waals surface area contributed by atoms with E-state index in [-0.39, 0.29) is 23.1 Å². The Balaban J connectivity index is 1.33. The summed E-state index contributed by atoms with van der Waals surface area (Å²) in [5.41, 5.74) is 1.59. The van der Waals surface area contributed by atoms with Crippen molar-refractivity contribution in [2.45, 2.75) is 19.4 Å². The largest absolute Gasteiger partial charge is 0.352 e. The Labute approximate surface area is 157 Å². The van der Waals surface area contributed by atoms with Gasteiger partial charge in [0.25, 0.3) is 5.91 Å². The molecule has 1 aliphatic heterocycles. The molecule has 1 saturated heterocycles. The van der Waals surface area contributed by atoms with E-state index in [1.807, 2.05) is 17.0 Å². The number of aromatic nitrogens is 1. The maximum Gasteiger partial charge on any atom is 0.253 e. The van der Waals surface area contributed by atoms with E-state index < -0.39 is 0 Å². The minimum Gasteiger partial charge on any atom is -0.352 e. The maximum absolute atomic E-state index is 12.6. The second-order valence-corrected chi connectivity index (χ2v) is 7.62. The number of carbonyl (C=O) groups excluding carboxylic acids is 2. The molecule has 2 aliphatic rings. The summed E-state index contributed by atoms with van der Waals surface area (Å²) in [6.07, 6.45) is 5.21. The number of halogens is 1. The Bertz CT molecular complexity index is 825. The summed E-state index contributed by atoms with van der Waals surface area (Å²) >= 11 is 5.89. The SMILES string of the molecule is O=C(NCc1cccnc1)[C@@H]1C[C@@]12CCN(C(=O)c1ccc(Cl)cc1)C2. The van der Waals surface area contributed by atoms with E-state index in [1.54, 1.807) is 36.7 Å². The maximum atomic E-state index is 12.6. The summed E-state index contributed by atoms with van der Waals surface area (Å²) in [5, 5.41) is 3.61. The van der Waals surface area contributed by atoms with Gasteiger partial charge in [0, 0.05) is 53.9 Å². The third-order valence-electron chi connectivity index (χ3n) is 5.46. The number of hydrogen-bond donors (Lipinski definition) is 1. The molecule has 0 radical (unpaired) electrons. The van der Waals surface area contributed by atoms with Gasteiger partial charge in [-0.05, 0) is 48.7 Å². The fourth-order valence-corrected chi connectivity index (χ4v) is 3.95. The molecule has 2 atom stereocenters. The van der Waals surface area contributed by atoms with Crippen molar-refractivity contribution in [1.82, 2.24) is 15.2 Å². The highest BCUT2D eigenvalue weighted by atomic mass is 35.5. The lowest BCUT2D eigenvalue weighted by Gasteiger charge is -2.17. The summed E-state index contributed by atoms with van der Waals surface area (Å²) in [4.78, 5) is 31.0. The highest BCUT2D eigenvalue weighted by Crippen LogP contribution is 2.58. The molecule has 6 heteroatoms. The molecule has 2 fully saturated rings. The normalized spacial score (nSPS) is 23.9. The molecule has 2 amide bonds. The van der Waals surface area contributed by atoms with Gasteiger partial charge in [0.1, 0.15) is 0 Å². The van der Waals surface area contributed by atoms with E-state index in [0.717, 1.165) is 18.4 Å². The van der Waals surface area contributed by atoms with Gasteiger partial charge >= 0.3 is 0 Å². The molecule has 2 heterocycles. The smallest absolute Gasteiger partial charge is 0.253 e. The lowest BCUT2D eigenvalue weighted by molar-refractivity contribution is -0.123. The third kappa shape index (κ3) is 3.31. The number of rotatable bonds is 4. The number of carbonyl (C=O) groups is 2. The van der Waals surface area contributed by atoms with Crippen LogP contribution in [-0.4, -0.2) is 34.8 Å². The van der Waals surface area contributed by atoms with E-state index in [9.17, 15) is 9.59 Å². The standard InChI is InChI=1S/C20H20ClN3O2/c21-16-5-3-15(4-6-16)19(26)24-9-7-20(13-24)10-17(20)18(25)23-12-14-2-1-8-22-11-14/h1-6,8,11,17H,7,9-10,12-13H2,(H,23,25)/t17-,20+/m0/s1. The van der Waals surface area contributed by atoms with Crippen molar-refractivity contribution < 1.29 is 9.59 Å². The van der Waals surface area contributed by atoms with Crippen LogP contribution in [0.1, 0.15) is 28.8 Å². The first-order valence-corrected chi connectivity index (χ1v) is 9.17. The minimum absolute atomic E-state index is 0.00203. The average molecular weight is 370 g/mol. The summed E-state index contributed by atoms with van der Waals surface area (Å²) in [7, 11) is 0. The molecule has 1 spiro atoms. The fraction of sp³-hybridized carbons (Fsp3) is 0.350. The molecule has 1 N–H and O–H groups in total. The number of pyridine rings is 1. The van der Waals surface area contributed by atoms with Gasteiger partial charge in [-0.2, -0.15) is 0 Å². The molecule has 5 nitrogen and oxygen atoms in total. The molecule has 4 rings (SSSR count). The average Bonchev–Trinajstić information content (AvgIpc) is 3.20. The van der Waals surface area contributed by atoms with Crippen LogP contribution in [0.25, 0.3) is 0 Å². The Morgan fingerprint density at radius 1 is 1.27 bits per heavy atom. The molecule has 2 aromatic rings. The van der Waals surface area contributed by atoms with Gasteiger partial charge in [-0.15, -0.1) is 0 Å². The zero-order valence-electron chi connectivity index (χ0n) is 14.3. The Morgan fingerprint density at radius 2 is 2.08 bits per heavy atom. The van der Waals surface area contributed by atoms with Gasteiger partial charge in [-0.3, -0.25) is 14.6 Å². The van der Waals surface area contributed by atoms with E-state index in [2.05, 4.69) is 10.3 Å². The summed E-state index contributed by atoms with van der Waals surface area (Å²) in [5.74, 6) is 0.0943. The third-order valence-corrected chi connectivity index (χ3v) is 5.71. The minimum atomic E-state index is -0.0406. The number of nitrogens with zero attached hydrogens (tertiary/aromatic N) is 2. The van der Waals surface area contributed by atoms with Crippen LogP contribution in [0.4, 0.5) is 0 Å². The van der Waals surface area contributed by atoms with Crippen molar-refractivity contribution in [3.63, 3.8) is 0 Å². The van der Waals surface area contributed by atoms with E-state index in [4.69, 9.17) is 11.6 Å². The van der Waals surface area contributed by atoms with Gasteiger partial charge in [-0.25, -0.2) is 0 Å². The van der Waals surface area contributed by atoms with Crippen LogP contribution < -0.4 is 5.32 Å². The topological polar surface area (TPSA) is 62.3 Å². The van der Waals surface area contributed by atoms with Crippen LogP contribution >= 0.6 is 11.6 Å². The Hall–Kier alpha value is -2.40. The Morgan fingerprint density at radius 3 is 2.81 bits per heavy atom. The highest BCUT2D eigenvalue weighted by Gasteiger charge is 2.61. The van der Waals surface area contributed by atoms with Crippen LogP contribution in [0.5, 0.6) is 0 Å². The zero-order valence-corrected chi connectivity index (χ0v) is 15.1. The van der Waals surface area contributed by atoms with Crippen LogP contribution in [-0.2, 0) is 11.3 Å². The number of benzene rings is 1. The van der Waals surface area contributed by atoms with Crippen molar-refractivity contribution in [3.05, 3.63) is 64.9 Å². The summed E-state index contributed by atoms with van der Waals surface area (Å²) in [6, 6.07) is 10.8. The molecular formula is C20H20ClN3O2. The molecule has 1 aromatic carbocycles. The van der Waals surface area contributed by atoms with E-state index in [1.165, 1.54) is 0 Å². The van der Waals surface area contributed by atoms with Crippen LogP contribution in [0.2, 0.25) is 5.02 Å². The zero-order chi connectivity index (χ0) is 18.1. The molecule has 1 aromatic heterocycles.